The average Bonchev–Trinajstić information content (AvgIpc) is 2.29. The maximum atomic E-state index is 7.40. The summed E-state index contributed by atoms with van der Waals surface area (Å²) in [6.45, 7) is 0. The lowest BCUT2D eigenvalue weighted by Gasteiger charge is -2.08. The van der Waals surface area contributed by atoms with Crippen LogP contribution in [-0.2, 0) is 0 Å². The molecule has 6 heteroatoms. The summed E-state index contributed by atoms with van der Waals surface area (Å²) < 4.78 is 5.47. The zero-order valence-electron chi connectivity index (χ0n) is 8.72. The fourth-order valence-corrected chi connectivity index (χ4v) is 1.40. The Morgan fingerprint density at radius 1 is 1.41 bits per heavy atom. The molecule has 0 unspecified atom stereocenters. The molecule has 0 spiro atoms. The van der Waals surface area contributed by atoms with E-state index in [4.69, 9.17) is 27.5 Å². The Bertz CT molecular complexity index is 559. The molecule has 0 amide bonds. The number of amidine groups is 1. The highest BCUT2D eigenvalue weighted by molar-refractivity contribution is 6.30. The molecule has 0 aliphatic heterocycles. The van der Waals surface area contributed by atoms with Crippen LogP contribution in [0, 0.1) is 5.41 Å². The molecule has 17 heavy (non-hydrogen) atoms. The van der Waals surface area contributed by atoms with Crippen molar-refractivity contribution >= 4 is 17.4 Å². The van der Waals surface area contributed by atoms with Gasteiger partial charge in [-0.3, -0.25) is 10.4 Å². The molecule has 0 saturated heterocycles. The Morgan fingerprint density at radius 3 is 2.94 bits per heavy atom. The minimum absolute atomic E-state index is 0.108. The van der Waals surface area contributed by atoms with Crippen molar-refractivity contribution < 1.29 is 4.74 Å². The minimum Gasteiger partial charge on any atom is -0.437 e. The minimum atomic E-state index is -0.108. The third-order valence-corrected chi connectivity index (χ3v) is 2.16. The van der Waals surface area contributed by atoms with Gasteiger partial charge >= 0.3 is 0 Å². The molecule has 2 rings (SSSR count). The molecule has 2 heterocycles. The third-order valence-electron chi connectivity index (χ3n) is 1.96. The first-order chi connectivity index (χ1) is 8.16. The van der Waals surface area contributed by atoms with Crippen molar-refractivity contribution in [3.63, 3.8) is 0 Å². The van der Waals surface area contributed by atoms with Gasteiger partial charge in [-0.25, -0.2) is 4.98 Å². The van der Waals surface area contributed by atoms with Crippen LogP contribution in [0.15, 0.2) is 36.8 Å². The van der Waals surface area contributed by atoms with Crippen molar-refractivity contribution in [1.82, 2.24) is 9.97 Å². The van der Waals surface area contributed by atoms with E-state index >= 15 is 0 Å². The third kappa shape index (κ3) is 2.70. The normalized spacial score (nSPS) is 9.94. The van der Waals surface area contributed by atoms with Crippen LogP contribution in [-0.4, -0.2) is 15.8 Å². The summed E-state index contributed by atoms with van der Waals surface area (Å²) in [5, 5.41) is 7.86. The molecular formula is C11H9ClN4O. The number of nitrogens with two attached hydrogens (primary N) is 1. The summed E-state index contributed by atoms with van der Waals surface area (Å²) in [7, 11) is 0. The number of nitrogen functional groups attached to an aromatic ring is 1. The lowest BCUT2D eigenvalue weighted by atomic mass is 10.2. The molecular weight excluding hydrogens is 240 g/mol. The van der Waals surface area contributed by atoms with Crippen molar-refractivity contribution in [2.24, 2.45) is 5.73 Å². The monoisotopic (exact) mass is 248 g/mol. The van der Waals surface area contributed by atoms with E-state index in [0.717, 1.165) is 0 Å². The molecule has 2 aromatic rings. The molecule has 0 fully saturated rings. The number of hydrogen-bond acceptors (Lipinski definition) is 4. The predicted molar refractivity (Wildman–Crippen MR) is 64.6 cm³/mol. The number of aromatic nitrogens is 2. The number of nitrogens with one attached hydrogen (secondary N) is 1. The van der Waals surface area contributed by atoms with Gasteiger partial charge in [0.05, 0.1) is 16.8 Å². The summed E-state index contributed by atoms with van der Waals surface area (Å²) in [5.74, 6) is 0.589. The molecule has 0 aliphatic carbocycles. The van der Waals surface area contributed by atoms with Gasteiger partial charge < -0.3 is 10.5 Å². The van der Waals surface area contributed by atoms with Gasteiger partial charge in [-0.15, -0.1) is 0 Å². The van der Waals surface area contributed by atoms with Crippen molar-refractivity contribution in [2.45, 2.75) is 0 Å². The quantitative estimate of drug-likeness (QED) is 0.644. The first-order valence-electron chi connectivity index (χ1n) is 4.74. The zero-order valence-corrected chi connectivity index (χ0v) is 9.48. The molecule has 0 aromatic carbocycles. The van der Waals surface area contributed by atoms with E-state index in [0.29, 0.717) is 16.3 Å². The molecule has 0 aliphatic rings. The van der Waals surface area contributed by atoms with Crippen LogP contribution in [0.4, 0.5) is 0 Å². The van der Waals surface area contributed by atoms with Gasteiger partial charge in [-0.05, 0) is 12.1 Å². The smallest absolute Gasteiger partial charge is 0.230 e. The van der Waals surface area contributed by atoms with E-state index in [-0.39, 0.29) is 11.7 Å². The molecule has 2 aromatic heterocycles. The van der Waals surface area contributed by atoms with Gasteiger partial charge in [0.15, 0.2) is 0 Å². The summed E-state index contributed by atoms with van der Waals surface area (Å²) >= 11 is 5.78. The second-order valence-corrected chi connectivity index (χ2v) is 3.65. The maximum Gasteiger partial charge on any atom is 0.230 e. The lowest BCUT2D eigenvalue weighted by Crippen LogP contribution is -2.12. The van der Waals surface area contributed by atoms with Gasteiger partial charge in [0.25, 0.3) is 0 Å². The van der Waals surface area contributed by atoms with E-state index < -0.39 is 0 Å². The fourth-order valence-electron chi connectivity index (χ4n) is 1.24. The number of hydrogen-bond donors (Lipinski definition) is 2. The Hall–Kier alpha value is -2.14. The van der Waals surface area contributed by atoms with Crippen LogP contribution in [0.1, 0.15) is 5.56 Å². The van der Waals surface area contributed by atoms with Crippen LogP contribution in [0.5, 0.6) is 11.6 Å². The van der Waals surface area contributed by atoms with Crippen molar-refractivity contribution in [2.75, 3.05) is 0 Å². The number of pyridine rings is 2. The van der Waals surface area contributed by atoms with Crippen molar-refractivity contribution in [3.05, 3.63) is 47.4 Å². The van der Waals surface area contributed by atoms with Crippen LogP contribution in [0.25, 0.3) is 0 Å². The van der Waals surface area contributed by atoms with Gasteiger partial charge in [0, 0.05) is 18.5 Å². The Morgan fingerprint density at radius 2 is 2.24 bits per heavy atom. The topological polar surface area (TPSA) is 84.9 Å². The summed E-state index contributed by atoms with van der Waals surface area (Å²) in [6.07, 6.45) is 4.56. The Balaban J connectivity index is 2.33. The number of nitrogens with zero attached hydrogens (tertiary/aromatic N) is 2. The average molecular weight is 249 g/mol. The fraction of sp³-hybridized carbons (Fsp3) is 0. The molecule has 5 nitrogen and oxygen atoms in total. The highest BCUT2D eigenvalue weighted by Gasteiger charge is 2.08. The van der Waals surface area contributed by atoms with Gasteiger partial charge in [0.1, 0.15) is 11.6 Å². The number of rotatable bonds is 3. The van der Waals surface area contributed by atoms with Crippen LogP contribution in [0.2, 0.25) is 5.02 Å². The molecule has 86 valence electrons. The largest absolute Gasteiger partial charge is 0.437 e. The lowest BCUT2D eigenvalue weighted by molar-refractivity contribution is 0.459. The van der Waals surface area contributed by atoms with E-state index in [2.05, 4.69) is 9.97 Å². The van der Waals surface area contributed by atoms with Crippen molar-refractivity contribution in [3.8, 4) is 11.6 Å². The highest BCUT2D eigenvalue weighted by atomic mass is 35.5. The standard InChI is InChI=1S/C11H9ClN4O/c12-7-4-8(6-15-5-7)17-11-9(10(13)14)2-1-3-16-11/h1-6H,(H3,13,14). The Labute approximate surface area is 103 Å². The molecule has 0 radical (unpaired) electrons. The number of halogens is 1. The first kappa shape index (κ1) is 11.3. The molecule has 0 saturated carbocycles. The van der Waals surface area contributed by atoms with E-state index in [1.807, 2.05) is 0 Å². The van der Waals surface area contributed by atoms with E-state index in [1.54, 1.807) is 24.4 Å². The van der Waals surface area contributed by atoms with E-state index in [9.17, 15) is 0 Å². The van der Waals surface area contributed by atoms with E-state index in [1.165, 1.54) is 12.4 Å². The zero-order chi connectivity index (χ0) is 12.3. The van der Waals surface area contributed by atoms with Gasteiger partial charge in [-0.1, -0.05) is 11.6 Å². The summed E-state index contributed by atoms with van der Waals surface area (Å²) in [5.41, 5.74) is 5.84. The van der Waals surface area contributed by atoms with Gasteiger partial charge in [0.2, 0.25) is 5.88 Å². The molecule has 3 N–H and O–H groups in total. The highest BCUT2D eigenvalue weighted by Crippen LogP contribution is 2.23. The summed E-state index contributed by atoms with van der Waals surface area (Å²) in [6, 6.07) is 4.94. The SMILES string of the molecule is N=C(N)c1cccnc1Oc1cncc(Cl)c1. The molecule has 0 atom stereocenters. The number of ether oxygens (including phenoxy) is 1. The second-order valence-electron chi connectivity index (χ2n) is 3.21. The maximum absolute atomic E-state index is 7.40. The van der Waals surface area contributed by atoms with Gasteiger partial charge in [-0.2, -0.15) is 0 Å². The molecule has 0 bridgehead atoms. The second kappa shape index (κ2) is 4.80. The Kier molecular flexibility index (Phi) is 3.20. The van der Waals surface area contributed by atoms with Crippen molar-refractivity contribution in [1.29, 1.82) is 5.41 Å². The summed E-state index contributed by atoms with van der Waals surface area (Å²) in [4.78, 5) is 7.90. The van der Waals surface area contributed by atoms with Crippen LogP contribution < -0.4 is 10.5 Å². The predicted octanol–water partition coefficient (Wildman–Crippen LogP) is 2.21. The first-order valence-corrected chi connectivity index (χ1v) is 5.12. The van der Waals surface area contributed by atoms with Crippen LogP contribution >= 0.6 is 11.6 Å². The van der Waals surface area contributed by atoms with Crippen LogP contribution in [0.3, 0.4) is 0 Å².